The Balaban J connectivity index is 1.74. The van der Waals surface area contributed by atoms with Crippen LogP contribution in [0.5, 0.6) is 0 Å². The number of methoxy groups -OCH3 is 1. The number of carbonyl (C=O) groups excluding carboxylic acids is 1. The summed E-state index contributed by atoms with van der Waals surface area (Å²) in [5.41, 5.74) is 1.38. The van der Waals surface area contributed by atoms with Gasteiger partial charge in [-0.3, -0.25) is 4.79 Å². The van der Waals surface area contributed by atoms with Crippen LogP contribution in [0.15, 0.2) is 48.5 Å². The third-order valence-corrected chi connectivity index (χ3v) is 9.93. The second-order valence-corrected chi connectivity index (χ2v) is 11.3. The minimum Gasteiger partial charge on any atom is -0.481 e. The fourth-order valence-corrected chi connectivity index (χ4v) is 8.01. The third kappa shape index (κ3) is 3.85. The van der Waals surface area contributed by atoms with E-state index in [2.05, 4.69) is 0 Å². The van der Waals surface area contributed by atoms with Crippen LogP contribution >= 0.6 is 11.3 Å². The van der Waals surface area contributed by atoms with Crippen molar-refractivity contribution in [2.75, 3.05) is 12.9 Å². The van der Waals surface area contributed by atoms with Crippen LogP contribution in [0, 0.1) is 0 Å². The molecule has 0 unspecified atom stereocenters. The van der Waals surface area contributed by atoms with Crippen LogP contribution in [0.2, 0.25) is 0 Å². The molecule has 6 nitrogen and oxygen atoms in total. The van der Waals surface area contributed by atoms with Crippen LogP contribution in [-0.4, -0.2) is 38.3 Å². The molecule has 3 aromatic rings. The van der Waals surface area contributed by atoms with E-state index in [1.54, 1.807) is 18.2 Å². The number of ether oxygens (including phenoxy) is 1. The zero-order valence-electron chi connectivity index (χ0n) is 17.0. The summed E-state index contributed by atoms with van der Waals surface area (Å²) in [5.74, 6) is -1.48. The average Bonchev–Trinajstić information content (AvgIpc) is 3.24. The number of carbonyl (C=O) groups is 2. The first kappa shape index (κ1) is 21.5. The Labute approximate surface area is 184 Å². The highest BCUT2D eigenvalue weighted by molar-refractivity contribution is 7.92. The summed E-state index contributed by atoms with van der Waals surface area (Å²) in [6.07, 6.45) is 1.18. The summed E-state index contributed by atoms with van der Waals surface area (Å²) in [4.78, 5) is 24.8. The van der Waals surface area contributed by atoms with E-state index in [0.717, 1.165) is 21.2 Å². The molecule has 2 heterocycles. The molecule has 0 radical (unpaired) electrons. The van der Waals surface area contributed by atoms with Crippen LogP contribution in [0.4, 0.5) is 0 Å². The Bertz CT molecular complexity index is 1270. The lowest BCUT2D eigenvalue weighted by Gasteiger charge is -2.34. The van der Waals surface area contributed by atoms with Gasteiger partial charge >= 0.3 is 11.9 Å². The van der Waals surface area contributed by atoms with Crippen LogP contribution in [0.1, 0.15) is 40.9 Å². The molecule has 0 amide bonds. The number of carboxylic acid groups (broad SMARTS) is 1. The first-order valence-corrected chi connectivity index (χ1v) is 12.4. The Kier molecular flexibility index (Phi) is 5.61. The standard InChI is InChI=1S/C23H22O6S2/c1-29-22(26)18-7-5-15-12-17(6-4-16(15)13-18)19-8-9-20(30-19)23(14-21(24)25)10-2-3-11-31(23,27)28/h4-9,12-13H,2-3,10-11,14H2,1H3,(H,24,25)/t23-/m0/s1. The van der Waals surface area contributed by atoms with Gasteiger partial charge in [0.1, 0.15) is 4.75 Å². The highest BCUT2D eigenvalue weighted by atomic mass is 32.2. The van der Waals surface area contributed by atoms with Gasteiger partial charge in [0.25, 0.3) is 0 Å². The molecule has 0 bridgehead atoms. The fraction of sp³-hybridized carbons (Fsp3) is 0.304. The molecule has 1 N–H and O–H groups in total. The lowest BCUT2D eigenvalue weighted by Crippen LogP contribution is -2.41. The predicted octanol–water partition coefficient (Wildman–Crippen LogP) is 4.62. The van der Waals surface area contributed by atoms with Gasteiger partial charge in [0.05, 0.1) is 24.8 Å². The van der Waals surface area contributed by atoms with Gasteiger partial charge in [-0.25, -0.2) is 13.2 Å². The lowest BCUT2D eigenvalue weighted by molar-refractivity contribution is -0.137. The van der Waals surface area contributed by atoms with E-state index in [9.17, 15) is 23.1 Å². The molecule has 1 atom stereocenters. The van der Waals surface area contributed by atoms with Crippen molar-refractivity contribution in [1.82, 2.24) is 0 Å². The molecule has 2 aromatic carbocycles. The van der Waals surface area contributed by atoms with Gasteiger partial charge in [-0.15, -0.1) is 11.3 Å². The molecule has 0 spiro atoms. The SMILES string of the molecule is COC(=O)c1ccc2cc(-c3ccc([C@@]4(CC(=O)O)CCCCS4(=O)=O)s3)ccc2c1. The van der Waals surface area contributed by atoms with Gasteiger partial charge in [0.2, 0.25) is 0 Å². The van der Waals surface area contributed by atoms with E-state index in [1.807, 2.05) is 30.3 Å². The second-order valence-electron chi connectivity index (χ2n) is 7.77. The van der Waals surface area contributed by atoms with E-state index in [1.165, 1.54) is 18.4 Å². The molecule has 0 saturated carbocycles. The number of hydrogen-bond acceptors (Lipinski definition) is 6. The van der Waals surface area contributed by atoms with Crippen molar-refractivity contribution < 1.29 is 27.9 Å². The van der Waals surface area contributed by atoms with Crippen LogP contribution in [-0.2, 0) is 24.1 Å². The van der Waals surface area contributed by atoms with Gasteiger partial charge in [-0.05, 0) is 59.5 Å². The Hall–Kier alpha value is -2.71. The minimum atomic E-state index is -3.57. The van der Waals surface area contributed by atoms with Crippen molar-refractivity contribution in [3.63, 3.8) is 0 Å². The van der Waals surface area contributed by atoms with E-state index in [-0.39, 0.29) is 5.75 Å². The van der Waals surface area contributed by atoms with Crippen molar-refractivity contribution in [2.45, 2.75) is 30.4 Å². The van der Waals surface area contributed by atoms with Gasteiger partial charge in [0, 0.05) is 9.75 Å². The van der Waals surface area contributed by atoms with E-state index >= 15 is 0 Å². The molecule has 4 rings (SSSR count). The quantitative estimate of drug-likeness (QED) is 0.560. The summed E-state index contributed by atoms with van der Waals surface area (Å²) < 4.78 is 29.4. The van der Waals surface area contributed by atoms with Crippen molar-refractivity contribution in [3.8, 4) is 10.4 Å². The monoisotopic (exact) mass is 458 g/mol. The highest BCUT2D eigenvalue weighted by Gasteiger charge is 2.49. The number of sulfone groups is 1. The van der Waals surface area contributed by atoms with Crippen molar-refractivity contribution in [1.29, 1.82) is 0 Å². The van der Waals surface area contributed by atoms with Crippen molar-refractivity contribution in [3.05, 3.63) is 59.0 Å². The van der Waals surface area contributed by atoms with Crippen LogP contribution in [0.3, 0.4) is 0 Å². The first-order valence-electron chi connectivity index (χ1n) is 9.93. The maximum absolute atomic E-state index is 13.0. The maximum atomic E-state index is 13.0. The van der Waals surface area contributed by atoms with E-state index < -0.39 is 32.9 Å². The number of hydrogen-bond donors (Lipinski definition) is 1. The summed E-state index contributed by atoms with van der Waals surface area (Å²) in [7, 11) is -2.23. The normalized spacial score (nSPS) is 20.4. The number of thiophene rings is 1. The summed E-state index contributed by atoms with van der Waals surface area (Å²) >= 11 is 1.34. The number of fused-ring (bicyclic) bond motifs is 1. The second kappa shape index (κ2) is 8.09. The highest BCUT2D eigenvalue weighted by Crippen LogP contribution is 2.47. The summed E-state index contributed by atoms with van der Waals surface area (Å²) in [5, 5.41) is 11.3. The molecular formula is C23H22O6S2. The molecule has 162 valence electrons. The fourth-order valence-electron chi connectivity index (χ4n) is 4.24. The number of carboxylic acids is 1. The maximum Gasteiger partial charge on any atom is 0.337 e. The molecule has 1 aliphatic heterocycles. The molecular weight excluding hydrogens is 436 g/mol. The van der Waals surface area contributed by atoms with Crippen LogP contribution < -0.4 is 0 Å². The Morgan fingerprint density at radius 3 is 2.52 bits per heavy atom. The molecule has 31 heavy (non-hydrogen) atoms. The summed E-state index contributed by atoms with van der Waals surface area (Å²) in [6.45, 7) is 0. The first-order chi connectivity index (χ1) is 14.8. The van der Waals surface area contributed by atoms with E-state index in [0.29, 0.717) is 29.7 Å². The Morgan fingerprint density at radius 2 is 1.81 bits per heavy atom. The number of esters is 1. The summed E-state index contributed by atoms with van der Waals surface area (Å²) in [6, 6.07) is 14.7. The van der Waals surface area contributed by atoms with E-state index in [4.69, 9.17) is 4.74 Å². The molecule has 1 fully saturated rings. The van der Waals surface area contributed by atoms with Gasteiger partial charge in [-0.1, -0.05) is 24.6 Å². The largest absolute Gasteiger partial charge is 0.481 e. The zero-order chi connectivity index (χ0) is 22.2. The van der Waals surface area contributed by atoms with Crippen molar-refractivity contribution in [2.24, 2.45) is 0 Å². The minimum absolute atomic E-state index is 0.0199. The molecule has 1 aromatic heterocycles. The average molecular weight is 459 g/mol. The topological polar surface area (TPSA) is 97.7 Å². The Morgan fingerprint density at radius 1 is 1.06 bits per heavy atom. The number of aliphatic carboxylic acids is 1. The van der Waals surface area contributed by atoms with Crippen LogP contribution in [0.25, 0.3) is 21.2 Å². The smallest absolute Gasteiger partial charge is 0.337 e. The number of rotatable bonds is 5. The van der Waals surface area contributed by atoms with Crippen molar-refractivity contribution >= 4 is 43.9 Å². The predicted molar refractivity (Wildman–Crippen MR) is 120 cm³/mol. The van der Waals surface area contributed by atoms with Gasteiger partial charge in [0.15, 0.2) is 9.84 Å². The van der Waals surface area contributed by atoms with Gasteiger partial charge < -0.3 is 9.84 Å². The molecule has 1 saturated heterocycles. The molecule has 0 aliphatic carbocycles. The number of benzene rings is 2. The zero-order valence-corrected chi connectivity index (χ0v) is 18.6. The third-order valence-electron chi connectivity index (χ3n) is 5.88. The molecule has 1 aliphatic rings. The lowest BCUT2D eigenvalue weighted by atomic mass is 9.95. The molecule has 8 heteroatoms. The van der Waals surface area contributed by atoms with Gasteiger partial charge in [-0.2, -0.15) is 0 Å².